The number of aromatic nitrogens is 4. The standard InChI is InChI=1S/C25H29Cl2N7O5/c1-4-38-25(37)32-12-10-31(11-13-32)24(36)17(3)34-14-21(16(2)29-34)28-23(35)20-8-9-33(30-20)15-39-22-18(26)6-5-7-19(22)27/h5-9,14,17H,4,10-13,15H2,1-3H3,(H,28,35). The Hall–Kier alpha value is -3.77. The van der Waals surface area contributed by atoms with Gasteiger partial charge in [0.05, 0.1) is 28.0 Å². The number of nitrogens with one attached hydrogen (secondary N) is 1. The molecule has 0 saturated carbocycles. The fourth-order valence-corrected chi connectivity index (χ4v) is 4.50. The van der Waals surface area contributed by atoms with Gasteiger partial charge in [0.25, 0.3) is 5.91 Å². The summed E-state index contributed by atoms with van der Waals surface area (Å²) in [5, 5.41) is 12.2. The summed E-state index contributed by atoms with van der Waals surface area (Å²) in [5.41, 5.74) is 1.17. The van der Waals surface area contributed by atoms with E-state index in [1.165, 1.54) is 9.36 Å². The molecule has 1 aromatic carbocycles. The van der Waals surface area contributed by atoms with Gasteiger partial charge in [0, 0.05) is 38.6 Å². The van der Waals surface area contributed by atoms with Crippen molar-refractivity contribution in [3.8, 4) is 5.75 Å². The van der Waals surface area contributed by atoms with Crippen LogP contribution >= 0.6 is 23.2 Å². The first-order valence-electron chi connectivity index (χ1n) is 12.4. The highest BCUT2D eigenvalue weighted by atomic mass is 35.5. The fourth-order valence-electron chi connectivity index (χ4n) is 4.00. The van der Waals surface area contributed by atoms with Crippen LogP contribution in [-0.4, -0.2) is 80.1 Å². The van der Waals surface area contributed by atoms with Crippen molar-refractivity contribution in [1.29, 1.82) is 0 Å². The second-order valence-electron chi connectivity index (χ2n) is 8.81. The predicted octanol–water partition coefficient (Wildman–Crippen LogP) is 3.85. The smallest absolute Gasteiger partial charge is 0.409 e. The number of aryl methyl sites for hydroxylation is 1. The highest BCUT2D eigenvalue weighted by Gasteiger charge is 2.29. The number of carbonyl (C=O) groups is 3. The van der Waals surface area contributed by atoms with E-state index in [2.05, 4.69) is 15.5 Å². The van der Waals surface area contributed by atoms with Crippen molar-refractivity contribution in [2.75, 3.05) is 38.1 Å². The van der Waals surface area contributed by atoms with Crippen LogP contribution in [0.1, 0.15) is 36.1 Å². The quantitative estimate of drug-likeness (QED) is 0.431. The van der Waals surface area contributed by atoms with Crippen LogP contribution in [0.4, 0.5) is 10.5 Å². The molecule has 1 N–H and O–H groups in total. The Balaban J connectivity index is 1.33. The molecule has 14 heteroatoms. The van der Waals surface area contributed by atoms with Crippen molar-refractivity contribution in [3.63, 3.8) is 0 Å². The Morgan fingerprint density at radius 2 is 1.72 bits per heavy atom. The van der Waals surface area contributed by atoms with E-state index in [9.17, 15) is 14.4 Å². The maximum Gasteiger partial charge on any atom is 0.409 e. The summed E-state index contributed by atoms with van der Waals surface area (Å²) in [6.45, 7) is 7.15. The zero-order chi connectivity index (χ0) is 28.1. The van der Waals surface area contributed by atoms with Gasteiger partial charge in [-0.2, -0.15) is 10.2 Å². The van der Waals surface area contributed by atoms with E-state index in [1.54, 1.807) is 67.2 Å². The number of rotatable bonds is 8. The predicted molar refractivity (Wildman–Crippen MR) is 144 cm³/mol. The molecule has 0 radical (unpaired) electrons. The number of ether oxygens (including phenoxy) is 2. The third kappa shape index (κ3) is 6.63. The molecule has 1 unspecified atom stereocenters. The summed E-state index contributed by atoms with van der Waals surface area (Å²) >= 11 is 12.2. The van der Waals surface area contributed by atoms with Gasteiger partial charge < -0.3 is 24.6 Å². The molecule has 1 aliphatic heterocycles. The van der Waals surface area contributed by atoms with Crippen LogP contribution in [0, 0.1) is 6.92 Å². The lowest BCUT2D eigenvalue weighted by Gasteiger charge is -2.35. The minimum atomic E-state index is -0.600. The molecule has 0 aliphatic carbocycles. The third-order valence-corrected chi connectivity index (χ3v) is 6.77. The molecule has 1 atom stereocenters. The van der Waals surface area contributed by atoms with Crippen molar-refractivity contribution < 1.29 is 23.9 Å². The van der Waals surface area contributed by atoms with Gasteiger partial charge in [0.1, 0.15) is 6.04 Å². The third-order valence-electron chi connectivity index (χ3n) is 6.17. The zero-order valence-electron chi connectivity index (χ0n) is 21.8. The first-order chi connectivity index (χ1) is 18.7. The second kappa shape index (κ2) is 12.4. The fraction of sp³-hybridized carbons (Fsp3) is 0.400. The molecule has 12 nitrogen and oxygen atoms in total. The molecule has 0 spiro atoms. The largest absolute Gasteiger partial charge is 0.468 e. The van der Waals surface area contributed by atoms with E-state index < -0.39 is 11.9 Å². The summed E-state index contributed by atoms with van der Waals surface area (Å²) in [6.07, 6.45) is 2.84. The van der Waals surface area contributed by atoms with Gasteiger partial charge in [0.2, 0.25) is 5.91 Å². The Morgan fingerprint density at radius 3 is 2.38 bits per heavy atom. The molecule has 2 aromatic heterocycles. The van der Waals surface area contributed by atoms with Crippen LogP contribution in [0.3, 0.4) is 0 Å². The Kier molecular flexibility index (Phi) is 8.97. The monoisotopic (exact) mass is 577 g/mol. The van der Waals surface area contributed by atoms with Crippen LogP contribution in [0.25, 0.3) is 0 Å². The normalized spacial score (nSPS) is 14.2. The second-order valence-corrected chi connectivity index (χ2v) is 9.63. The summed E-state index contributed by atoms with van der Waals surface area (Å²) in [6, 6.07) is 5.98. The number of para-hydroxylation sites is 1. The van der Waals surface area contributed by atoms with Gasteiger partial charge in [-0.3, -0.25) is 14.3 Å². The minimum Gasteiger partial charge on any atom is -0.468 e. The number of carbonyl (C=O) groups excluding carboxylic acids is 3. The van der Waals surface area contributed by atoms with Crippen molar-refractivity contribution in [2.45, 2.75) is 33.5 Å². The number of piperazine rings is 1. The van der Waals surface area contributed by atoms with E-state index in [4.69, 9.17) is 32.7 Å². The molecule has 4 rings (SSSR count). The Morgan fingerprint density at radius 1 is 1.05 bits per heavy atom. The van der Waals surface area contributed by atoms with E-state index in [1.807, 2.05) is 0 Å². The van der Waals surface area contributed by atoms with Crippen molar-refractivity contribution in [3.05, 3.63) is 58.1 Å². The molecular weight excluding hydrogens is 549 g/mol. The van der Waals surface area contributed by atoms with E-state index in [0.29, 0.717) is 60.0 Å². The van der Waals surface area contributed by atoms with Crippen molar-refractivity contribution in [2.24, 2.45) is 0 Å². The van der Waals surface area contributed by atoms with Gasteiger partial charge in [-0.1, -0.05) is 29.3 Å². The number of benzene rings is 1. The number of anilines is 1. The number of halogens is 2. The van der Waals surface area contributed by atoms with Gasteiger partial charge >= 0.3 is 6.09 Å². The van der Waals surface area contributed by atoms with Gasteiger partial charge in [0.15, 0.2) is 18.2 Å². The lowest BCUT2D eigenvalue weighted by atomic mass is 10.2. The molecule has 208 valence electrons. The topological polar surface area (TPSA) is 124 Å². The summed E-state index contributed by atoms with van der Waals surface area (Å²) in [4.78, 5) is 41.1. The molecular formula is C25H29Cl2N7O5. The Bertz CT molecular complexity index is 1330. The molecule has 1 aliphatic rings. The number of amides is 3. The van der Waals surface area contributed by atoms with E-state index in [-0.39, 0.29) is 24.4 Å². The number of nitrogens with zero attached hydrogens (tertiary/aromatic N) is 6. The van der Waals surface area contributed by atoms with Gasteiger partial charge in [-0.05, 0) is 39.0 Å². The summed E-state index contributed by atoms with van der Waals surface area (Å²) in [7, 11) is 0. The van der Waals surface area contributed by atoms with Crippen LogP contribution in [0.15, 0.2) is 36.7 Å². The summed E-state index contributed by atoms with van der Waals surface area (Å²) in [5.74, 6) is -0.243. The molecule has 3 heterocycles. The highest BCUT2D eigenvalue weighted by Crippen LogP contribution is 2.32. The van der Waals surface area contributed by atoms with Crippen LogP contribution in [0.2, 0.25) is 10.0 Å². The molecule has 0 bridgehead atoms. The number of hydrogen-bond donors (Lipinski definition) is 1. The molecule has 3 amide bonds. The average molecular weight is 578 g/mol. The minimum absolute atomic E-state index is 0.00136. The maximum absolute atomic E-state index is 13.1. The van der Waals surface area contributed by atoms with Gasteiger partial charge in [-0.15, -0.1) is 0 Å². The number of hydrogen-bond acceptors (Lipinski definition) is 7. The molecule has 3 aromatic rings. The SMILES string of the molecule is CCOC(=O)N1CCN(C(=O)C(C)n2cc(NC(=O)c3ccn(COc4c(Cl)cccc4Cl)n3)c(C)n2)CC1. The van der Waals surface area contributed by atoms with Crippen LogP contribution < -0.4 is 10.1 Å². The Labute approximate surface area is 235 Å². The molecule has 1 saturated heterocycles. The lowest BCUT2D eigenvalue weighted by Crippen LogP contribution is -2.52. The maximum atomic E-state index is 13.1. The van der Waals surface area contributed by atoms with E-state index in [0.717, 1.165) is 0 Å². The lowest BCUT2D eigenvalue weighted by molar-refractivity contribution is -0.136. The first kappa shape index (κ1) is 28.2. The molecule has 39 heavy (non-hydrogen) atoms. The molecule has 1 fully saturated rings. The van der Waals surface area contributed by atoms with Gasteiger partial charge in [-0.25, -0.2) is 9.48 Å². The van der Waals surface area contributed by atoms with E-state index >= 15 is 0 Å². The van der Waals surface area contributed by atoms with Crippen LogP contribution in [0.5, 0.6) is 5.75 Å². The summed E-state index contributed by atoms with van der Waals surface area (Å²) < 4.78 is 13.6. The zero-order valence-corrected chi connectivity index (χ0v) is 23.3. The van der Waals surface area contributed by atoms with Crippen molar-refractivity contribution >= 4 is 46.8 Å². The van der Waals surface area contributed by atoms with Crippen LogP contribution in [-0.2, 0) is 16.3 Å². The first-order valence-corrected chi connectivity index (χ1v) is 13.1. The average Bonchev–Trinajstić information content (AvgIpc) is 3.54. The highest BCUT2D eigenvalue weighted by molar-refractivity contribution is 6.37. The van der Waals surface area contributed by atoms with Crippen molar-refractivity contribution in [1.82, 2.24) is 29.4 Å².